The quantitative estimate of drug-likeness (QED) is 0.747. The van der Waals surface area contributed by atoms with Crippen LogP contribution in [0.1, 0.15) is 25.8 Å². The van der Waals surface area contributed by atoms with Crippen LogP contribution < -0.4 is 4.74 Å². The summed E-state index contributed by atoms with van der Waals surface area (Å²) in [7, 11) is 0. The second-order valence-electron chi connectivity index (χ2n) is 3.21. The molecule has 0 spiro atoms. The third-order valence-corrected chi connectivity index (χ3v) is 2.19. The molecule has 0 unspecified atom stereocenters. The highest BCUT2D eigenvalue weighted by Crippen LogP contribution is 2.31. The molecule has 0 saturated heterocycles. The van der Waals surface area contributed by atoms with Crippen molar-refractivity contribution in [1.29, 1.82) is 0 Å². The molecule has 4 heteroatoms. The molecule has 0 aliphatic heterocycles. The number of alkyl halides is 3. The Kier molecular flexibility index (Phi) is 3.99. The van der Waals surface area contributed by atoms with Gasteiger partial charge in [0.15, 0.2) is 0 Å². The molecule has 0 saturated carbocycles. The van der Waals surface area contributed by atoms with Gasteiger partial charge < -0.3 is 4.74 Å². The van der Waals surface area contributed by atoms with Crippen molar-refractivity contribution in [1.82, 2.24) is 0 Å². The van der Waals surface area contributed by atoms with Crippen LogP contribution in [0.2, 0.25) is 0 Å². The van der Waals surface area contributed by atoms with Gasteiger partial charge >= 0.3 is 6.36 Å². The Labute approximate surface area is 92.5 Å². The minimum absolute atomic E-state index is 0.148. The average Bonchev–Trinajstić information content (AvgIpc) is 2.20. The number of rotatable bonds is 3. The molecule has 88 valence electrons. The molecule has 0 heterocycles. The van der Waals surface area contributed by atoms with Crippen molar-refractivity contribution in [3.8, 4) is 5.75 Å². The van der Waals surface area contributed by atoms with E-state index in [0.717, 1.165) is 5.57 Å². The van der Waals surface area contributed by atoms with Gasteiger partial charge in [0.25, 0.3) is 0 Å². The van der Waals surface area contributed by atoms with Crippen LogP contribution in [0.25, 0.3) is 5.57 Å². The summed E-state index contributed by atoms with van der Waals surface area (Å²) in [5.41, 5.74) is 1.32. The molecular weight excluding hydrogens is 217 g/mol. The fourth-order valence-corrected chi connectivity index (χ4v) is 1.50. The van der Waals surface area contributed by atoms with Crippen molar-refractivity contribution in [2.75, 3.05) is 0 Å². The summed E-state index contributed by atoms with van der Waals surface area (Å²) >= 11 is 0. The van der Waals surface area contributed by atoms with Crippen LogP contribution in [0.5, 0.6) is 5.75 Å². The second-order valence-corrected chi connectivity index (χ2v) is 3.21. The van der Waals surface area contributed by atoms with E-state index in [1.807, 2.05) is 6.92 Å². The SMILES string of the molecule is C/C=C(\CC)c1ccccc1OC(F)(F)F. The van der Waals surface area contributed by atoms with Gasteiger partial charge in [-0.3, -0.25) is 0 Å². The minimum Gasteiger partial charge on any atom is -0.405 e. The fourth-order valence-electron chi connectivity index (χ4n) is 1.50. The maximum atomic E-state index is 12.2. The number of halogens is 3. The molecule has 16 heavy (non-hydrogen) atoms. The van der Waals surface area contributed by atoms with Crippen LogP contribution >= 0.6 is 0 Å². The zero-order valence-corrected chi connectivity index (χ0v) is 9.14. The second kappa shape index (κ2) is 5.05. The Morgan fingerprint density at radius 2 is 1.94 bits per heavy atom. The van der Waals surface area contributed by atoms with Gasteiger partial charge in [0.05, 0.1) is 0 Å². The summed E-state index contributed by atoms with van der Waals surface area (Å²) in [5, 5.41) is 0. The molecule has 0 N–H and O–H groups in total. The molecule has 1 aromatic carbocycles. The van der Waals surface area contributed by atoms with E-state index in [1.165, 1.54) is 12.1 Å². The van der Waals surface area contributed by atoms with Gasteiger partial charge in [-0.25, -0.2) is 0 Å². The molecule has 1 rings (SSSR count). The predicted octanol–water partition coefficient (Wildman–Crippen LogP) is 4.40. The minimum atomic E-state index is -4.65. The van der Waals surface area contributed by atoms with Gasteiger partial charge in [0.1, 0.15) is 5.75 Å². The molecule has 0 amide bonds. The van der Waals surface area contributed by atoms with E-state index < -0.39 is 6.36 Å². The number of ether oxygens (including phenoxy) is 1. The molecule has 1 aromatic rings. The van der Waals surface area contributed by atoms with Crippen LogP contribution in [0.3, 0.4) is 0 Å². The van der Waals surface area contributed by atoms with Crippen molar-refractivity contribution in [3.05, 3.63) is 35.9 Å². The normalized spacial score (nSPS) is 12.7. The third kappa shape index (κ3) is 3.29. The lowest BCUT2D eigenvalue weighted by Crippen LogP contribution is -2.18. The topological polar surface area (TPSA) is 9.23 Å². The van der Waals surface area contributed by atoms with Gasteiger partial charge in [-0.2, -0.15) is 0 Å². The van der Waals surface area contributed by atoms with Crippen molar-refractivity contribution < 1.29 is 17.9 Å². The van der Waals surface area contributed by atoms with Crippen molar-refractivity contribution >= 4 is 5.57 Å². The Morgan fingerprint density at radius 1 is 1.31 bits per heavy atom. The summed E-state index contributed by atoms with van der Waals surface area (Å²) in [6.07, 6.45) is -2.20. The van der Waals surface area contributed by atoms with Crippen LogP contribution in [0.15, 0.2) is 30.3 Å². The van der Waals surface area contributed by atoms with Gasteiger partial charge in [0, 0.05) is 5.56 Å². The summed E-state index contributed by atoms with van der Waals surface area (Å²) in [6, 6.07) is 6.16. The predicted molar refractivity (Wildman–Crippen MR) is 57.1 cm³/mol. The highest BCUT2D eigenvalue weighted by atomic mass is 19.4. The smallest absolute Gasteiger partial charge is 0.405 e. The van der Waals surface area contributed by atoms with E-state index in [2.05, 4.69) is 4.74 Å². The Balaban J connectivity index is 3.10. The molecular formula is C12H13F3O. The maximum absolute atomic E-state index is 12.2. The standard InChI is InChI=1S/C12H13F3O/c1-3-9(4-2)10-7-5-6-8-11(10)16-12(13,14)15/h3,5-8H,4H2,1-2H3/b9-3+. The summed E-state index contributed by atoms with van der Waals surface area (Å²) in [6.45, 7) is 3.68. The number of benzene rings is 1. The Morgan fingerprint density at radius 3 is 2.44 bits per heavy atom. The number of hydrogen-bond acceptors (Lipinski definition) is 1. The number of allylic oxidation sites excluding steroid dienone is 2. The largest absolute Gasteiger partial charge is 0.573 e. The molecule has 0 aliphatic carbocycles. The Hall–Kier alpha value is -1.45. The van der Waals surface area contributed by atoms with Crippen molar-refractivity contribution in [2.45, 2.75) is 26.6 Å². The zero-order valence-electron chi connectivity index (χ0n) is 9.14. The van der Waals surface area contributed by atoms with Gasteiger partial charge in [-0.1, -0.05) is 31.2 Å². The van der Waals surface area contributed by atoms with Crippen LogP contribution in [-0.4, -0.2) is 6.36 Å². The van der Waals surface area contributed by atoms with E-state index in [-0.39, 0.29) is 5.75 Å². The molecule has 0 fully saturated rings. The summed E-state index contributed by atoms with van der Waals surface area (Å²) < 4.78 is 40.4. The zero-order chi connectivity index (χ0) is 12.2. The first kappa shape index (κ1) is 12.6. The average molecular weight is 230 g/mol. The van der Waals surface area contributed by atoms with Crippen molar-refractivity contribution in [3.63, 3.8) is 0 Å². The summed E-state index contributed by atoms with van der Waals surface area (Å²) in [4.78, 5) is 0. The van der Waals surface area contributed by atoms with E-state index >= 15 is 0 Å². The molecule has 1 nitrogen and oxygen atoms in total. The molecule has 0 radical (unpaired) electrons. The highest BCUT2D eigenvalue weighted by Gasteiger charge is 2.32. The van der Waals surface area contributed by atoms with Crippen molar-refractivity contribution in [2.24, 2.45) is 0 Å². The lowest BCUT2D eigenvalue weighted by atomic mass is 10.0. The van der Waals surface area contributed by atoms with E-state index in [4.69, 9.17) is 0 Å². The van der Waals surface area contributed by atoms with Crippen LogP contribution in [0.4, 0.5) is 13.2 Å². The van der Waals surface area contributed by atoms with Gasteiger partial charge in [-0.05, 0) is 25.0 Å². The molecule has 0 bridgehead atoms. The number of para-hydroxylation sites is 1. The first-order chi connectivity index (χ1) is 7.48. The Bertz CT molecular complexity index is 380. The fraction of sp³-hybridized carbons (Fsp3) is 0.333. The van der Waals surface area contributed by atoms with Crippen LogP contribution in [-0.2, 0) is 0 Å². The monoisotopic (exact) mass is 230 g/mol. The molecule has 0 aromatic heterocycles. The van der Waals surface area contributed by atoms with E-state index in [0.29, 0.717) is 12.0 Å². The van der Waals surface area contributed by atoms with Crippen LogP contribution in [0, 0.1) is 0 Å². The number of hydrogen-bond donors (Lipinski definition) is 0. The third-order valence-electron chi connectivity index (χ3n) is 2.19. The maximum Gasteiger partial charge on any atom is 0.573 e. The lowest BCUT2D eigenvalue weighted by molar-refractivity contribution is -0.274. The molecule has 0 aliphatic rings. The summed E-state index contributed by atoms with van der Waals surface area (Å²) in [5.74, 6) is -0.148. The first-order valence-electron chi connectivity index (χ1n) is 4.98. The first-order valence-corrected chi connectivity index (χ1v) is 4.98. The lowest BCUT2D eigenvalue weighted by Gasteiger charge is -2.14. The highest BCUT2D eigenvalue weighted by molar-refractivity contribution is 5.70. The van der Waals surface area contributed by atoms with Gasteiger partial charge in [0.2, 0.25) is 0 Å². The van der Waals surface area contributed by atoms with E-state index in [1.54, 1.807) is 25.1 Å². The van der Waals surface area contributed by atoms with E-state index in [9.17, 15) is 13.2 Å². The molecule has 0 atom stereocenters. The van der Waals surface area contributed by atoms with Gasteiger partial charge in [-0.15, -0.1) is 13.2 Å².